The molecule has 0 aromatic carbocycles. The molecular weight excluding hydrogens is 116 g/mol. The van der Waals surface area contributed by atoms with Gasteiger partial charge in [-0.25, -0.2) is 0 Å². The second-order valence-electron chi connectivity index (χ2n) is 2.23. The first-order valence-electron chi connectivity index (χ1n) is 3.05. The molecule has 0 saturated carbocycles. The molecule has 1 saturated heterocycles. The van der Waals surface area contributed by atoms with Crippen LogP contribution in [-0.4, -0.2) is 31.2 Å². The third-order valence-corrected chi connectivity index (χ3v) is 1.61. The van der Waals surface area contributed by atoms with Crippen molar-refractivity contribution in [1.82, 2.24) is 4.90 Å². The smallest absolute Gasteiger partial charge is 0.179 e. The van der Waals surface area contributed by atoms with Gasteiger partial charge in [-0.3, -0.25) is 0 Å². The van der Waals surface area contributed by atoms with E-state index in [1.807, 2.05) is 0 Å². The monoisotopic (exact) mass is 126 g/mol. The van der Waals surface area contributed by atoms with Gasteiger partial charge < -0.3 is 9.64 Å². The van der Waals surface area contributed by atoms with Crippen molar-refractivity contribution in [3.8, 4) is 6.19 Å². The lowest BCUT2D eigenvalue weighted by atomic mass is 10.2. The lowest BCUT2D eigenvalue weighted by Gasteiger charge is -2.14. The lowest BCUT2D eigenvalue weighted by Crippen LogP contribution is -2.27. The summed E-state index contributed by atoms with van der Waals surface area (Å²) in [5, 5.41) is 8.42. The van der Waals surface area contributed by atoms with Crippen molar-refractivity contribution in [2.24, 2.45) is 0 Å². The Kier molecular flexibility index (Phi) is 1.91. The highest BCUT2D eigenvalue weighted by atomic mass is 16.5. The van der Waals surface area contributed by atoms with Gasteiger partial charge in [0, 0.05) is 13.7 Å². The van der Waals surface area contributed by atoms with Crippen LogP contribution < -0.4 is 0 Å². The Labute approximate surface area is 54.8 Å². The molecule has 1 aliphatic heterocycles. The van der Waals surface area contributed by atoms with Gasteiger partial charge in [0.15, 0.2) is 6.19 Å². The van der Waals surface area contributed by atoms with E-state index in [4.69, 9.17) is 10.00 Å². The van der Waals surface area contributed by atoms with Crippen LogP contribution in [0.15, 0.2) is 0 Å². The molecule has 1 rings (SSSR count). The molecule has 0 aromatic rings. The van der Waals surface area contributed by atoms with E-state index in [-0.39, 0.29) is 0 Å². The van der Waals surface area contributed by atoms with E-state index in [9.17, 15) is 0 Å². The Morgan fingerprint density at radius 2 is 2.56 bits per heavy atom. The predicted octanol–water partition coefficient (Wildman–Crippen LogP) is 0.188. The maximum absolute atomic E-state index is 8.42. The van der Waals surface area contributed by atoms with Gasteiger partial charge in [0.05, 0.1) is 12.6 Å². The Hall–Kier alpha value is -0.750. The van der Waals surface area contributed by atoms with Crippen molar-refractivity contribution in [2.45, 2.75) is 12.5 Å². The molecule has 0 bridgehead atoms. The summed E-state index contributed by atoms with van der Waals surface area (Å²) in [5.41, 5.74) is 0. The van der Waals surface area contributed by atoms with Gasteiger partial charge in [0.25, 0.3) is 0 Å². The summed E-state index contributed by atoms with van der Waals surface area (Å²) in [5.74, 6) is 0. The fourth-order valence-corrected chi connectivity index (χ4v) is 0.909. The van der Waals surface area contributed by atoms with Gasteiger partial charge in [0.1, 0.15) is 0 Å². The second-order valence-corrected chi connectivity index (χ2v) is 2.23. The molecular formula is C6H10N2O. The highest BCUT2D eigenvalue weighted by Gasteiger charge is 2.18. The van der Waals surface area contributed by atoms with Crippen molar-refractivity contribution < 1.29 is 4.74 Å². The number of likely N-dealkylation sites (N-methyl/N-ethyl adjacent to an activating group) is 1. The SMILES string of the molecule is CN(C#N)C1CCOC1. The molecule has 0 amide bonds. The second kappa shape index (κ2) is 2.70. The maximum atomic E-state index is 8.42. The van der Waals surface area contributed by atoms with E-state index in [0.717, 1.165) is 13.0 Å². The third kappa shape index (κ3) is 1.33. The van der Waals surface area contributed by atoms with Gasteiger partial charge in [-0.2, -0.15) is 5.26 Å². The Balaban J connectivity index is 2.34. The van der Waals surface area contributed by atoms with Crippen molar-refractivity contribution in [3.05, 3.63) is 0 Å². The highest BCUT2D eigenvalue weighted by Crippen LogP contribution is 2.08. The number of ether oxygens (including phenoxy) is 1. The molecule has 1 aliphatic rings. The zero-order valence-electron chi connectivity index (χ0n) is 5.50. The summed E-state index contributed by atoms with van der Waals surface area (Å²) in [4.78, 5) is 1.65. The van der Waals surface area contributed by atoms with Crippen molar-refractivity contribution >= 4 is 0 Å². The Morgan fingerprint density at radius 1 is 1.78 bits per heavy atom. The van der Waals surface area contributed by atoms with Gasteiger partial charge in [-0.15, -0.1) is 0 Å². The number of nitrogens with zero attached hydrogens (tertiary/aromatic N) is 2. The fraction of sp³-hybridized carbons (Fsp3) is 0.833. The molecule has 1 heterocycles. The maximum Gasteiger partial charge on any atom is 0.179 e. The molecule has 3 nitrogen and oxygen atoms in total. The summed E-state index contributed by atoms with van der Waals surface area (Å²) < 4.78 is 5.09. The summed E-state index contributed by atoms with van der Waals surface area (Å²) in [6, 6.07) is 0.329. The van der Waals surface area contributed by atoms with Crippen LogP contribution in [0.4, 0.5) is 0 Å². The molecule has 50 valence electrons. The molecule has 0 aromatic heterocycles. The van der Waals surface area contributed by atoms with E-state index >= 15 is 0 Å². The summed E-state index contributed by atoms with van der Waals surface area (Å²) in [6.07, 6.45) is 3.05. The minimum absolute atomic E-state index is 0.329. The van der Waals surface area contributed by atoms with Crippen molar-refractivity contribution in [2.75, 3.05) is 20.3 Å². The van der Waals surface area contributed by atoms with Crippen LogP contribution >= 0.6 is 0 Å². The van der Waals surface area contributed by atoms with Crippen LogP contribution in [0.1, 0.15) is 6.42 Å². The first-order chi connectivity index (χ1) is 4.34. The van der Waals surface area contributed by atoms with Gasteiger partial charge in [0.2, 0.25) is 0 Å². The van der Waals surface area contributed by atoms with Crippen LogP contribution in [-0.2, 0) is 4.74 Å². The highest BCUT2D eigenvalue weighted by molar-refractivity contribution is 4.81. The average molecular weight is 126 g/mol. The number of rotatable bonds is 1. The van der Waals surface area contributed by atoms with Crippen molar-refractivity contribution in [3.63, 3.8) is 0 Å². The number of nitriles is 1. The van der Waals surface area contributed by atoms with E-state index in [1.165, 1.54) is 0 Å². The summed E-state index contributed by atoms with van der Waals surface area (Å²) >= 11 is 0. The van der Waals surface area contributed by atoms with Gasteiger partial charge in [-0.1, -0.05) is 0 Å². The molecule has 9 heavy (non-hydrogen) atoms. The van der Waals surface area contributed by atoms with Crippen LogP contribution in [0.5, 0.6) is 0 Å². The van der Waals surface area contributed by atoms with E-state index in [1.54, 1.807) is 11.9 Å². The standard InChI is InChI=1S/C6H10N2O/c1-8(5-7)6-2-3-9-4-6/h6H,2-4H2,1H3. The fourth-order valence-electron chi connectivity index (χ4n) is 0.909. The van der Waals surface area contributed by atoms with Gasteiger partial charge in [-0.05, 0) is 6.42 Å². The predicted molar refractivity (Wildman–Crippen MR) is 32.6 cm³/mol. The van der Waals surface area contributed by atoms with Crippen LogP contribution in [0.25, 0.3) is 0 Å². The quantitative estimate of drug-likeness (QED) is 0.371. The normalized spacial score (nSPS) is 25.6. The molecule has 0 N–H and O–H groups in total. The topological polar surface area (TPSA) is 36.3 Å². The third-order valence-electron chi connectivity index (χ3n) is 1.61. The largest absolute Gasteiger partial charge is 0.379 e. The van der Waals surface area contributed by atoms with Crippen molar-refractivity contribution in [1.29, 1.82) is 5.26 Å². The first-order valence-corrected chi connectivity index (χ1v) is 3.05. The molecule has 3 heteroatoms. The Morgan fingerprint density at radius 3 is 3.00 bits per heavy atom. The average Bonchev–Trinajstić information content (AvgIpc) is 2.37. The van der Waals surface area contributed by atoms with Gasteiger partial charge >= 0.3 is 0 Å². The minimum atomic E-state index is 0.329. The number of hydrogen-bond acceptors (Lipinski definition) is 3. The van der Waals surface area contributed by atoms with Crippen LogP contribution in [0, 0.1) is 11.5 Å². The zero-order chi connectivity index (χ0) is 6.69. The van der Waals surface area contributed by atoms with E-state index in [0.29, 0.717) is 12.6 Å². The Bertz CT molecular complexity index is 124. The molecule has 0 radical (unpaired) electrons. The number of hydrogen-bond donors (Lipinski definition) is 0. The summed E-state index contributed by atoms with van der Waals surface area (Å²) in [6.45, 7) is 1.51. The molecule has 1 fully saturated rings. The molecule has 0 spiro atoms. The zero-order valence-corrected chi connectivity index (χ0v) is 5.50. The minimum Gasteiger partial charge on any atom is -0.379 e. The van der Waals surface area contributed by atoms with Crippen LogP contribution in [0.2, 0.25) is 0 Å². The van der Waals surface area contributed by atoms with E-state index in [2.05, 4.69) is 6.19 Å². The first kappa shape index (κ1) is 6.37. The lowest BCUT2D eigenvalue weighted by molar-refractivity contribution is 0.177. The molecule has 1 atom stereocenters. The van der Waals surface area contributed by atoms with E-state index < -0.39 is 0 Å². The van der Waals surface area contributed by atoms with Crippen LogP contribution in [0.3, 0.4) is 0 Å². The molecule has 1 unspecified atom stereocenters. The molecule has 0 aliphatic carbocycles. The summed E-state index contributed by atoms with van der Waals surface area (Å²) in [7, 11) is 1.79.